The molecule has 1 atom stereocenters. The average molecular weight is 281 g/mol. The van der Waals surface area contributed by atoms with Gasteiger partial charge >= 0.3 is 5.97 Å². The Hall–Kier alpha value is -1.24. The Morgan fingerprint density at radius 2 is 1.83 bits per heavy atom. The summed E-state index contributed by atoms with van der Waals surface area (Å²) in [6, 6.07) is 7.19. The number of hydrogen-bond acceptors (Lipinski definition) is 2. The Morgan fingerprint density at radius 1 is 1.28 bits per heavy atom. The molecule has 0 aliphatic rings. The number of halogens is 1. The van der Waals surface area contributed by atoms with Gasteiger partial charge in [0.15, 0.2) is 6.10 Å². The highest BCUT2D eigenvalue weighted by Gasteiger charge is 2.14. The number of carbonyl (C=O) groups is 1. The van der Waals surface area contributed by atoms with Crippen LogP contribution in [0.5, 0.6) is 0 Å². The Kier molecular flexibility index (Phi) is 5.00. The molecule has 1 aromatic rings. The molecule has 1 aromatic carbocycles. The normalized spacial score (nSPS) is 12.3. The number of ether oxygens (including phenoxy) is 1. The van der Waals surface area contributed by atoms with E-state index >= 15 is 0 Å². The Labute approximate surface area is 114 Å². The summed E-state index contributed by atoms with van der Waals surface area (Å²) in [5.74, 6) is 2.72. The largest absolute Gasteiger partial charge is 0.444 e. The monoisotopic (exact) mass is 280 g/mol. The molecule has 18 heavy (non-hydrogen) atoms. The molecule has 0 aliphatic heterocycles. The van der Waals surface area contributed by atoms with Crippen molar-refractivity contribution in [3.63, 3.8) is 0 Å². The van der Waals surface area contributed by atoms with Crippen molar-refractivity contribution in [3.8, 4) is 11.5 Å². The van der Waals surface area contributed by atoms with Crippen molar-refractivity contribution >= 4 is 25.6 Å². The molecule has 0 spiro atoms. The van der Waals surface area contributed by atoms with Crippen molar-refractivity contribution in [2.75, 3.05) is 0 Å². The molecular weight excluding hydrogens is 264 g/mol. The first-order valence-electron chi connectivity index (χ1n) is 5.73. The highest BCUT2D eigenvalue weighted by molar-refractivity contribution is 6.83. The van der Waals surface area contributed by atoms with E-state index in [-0.39, 0.29) is 5.97 Å². The minimum atomic E-state index is -1.49. The SMILES string of the molecule is CC(=O)OC(C#C[Si](C)(C)C)c1ccc(Cl)cc1. The van der Waals surface area contributed by atoms with Gasteiger partial charge in [-0.15, -0.1) is 5.54 Å². The molecule has 4 heteroatoms. The quantitative estimate of drug-likeness (QED) is 0.468. The maximum atomic E-state index is 11.1. The fourth-order valence-corrected chi connectivity index (χ4v) is 1.96. The summed E-state index contributed by atoms with van der Waals surface area (Å²) in [6.45, 7) is 7.82. The van der Waals surface area contributed by atoms with Gasteiger partial charge in [-0.05, 0) is 12.1 Å². The topological polar surface area (TPSA) is 26.3 Å². The summed E-state index contributed by atoms with van der Waals surface area (Å²) in [7, 11) is -1.49. The van der Waals surface area contributed by atoms with E-state index in [1.165, 1.54) is 6.92 Å². The lowest BCUT2D eigenvalue weighted by atomic mass is 10.1. The van der Waals surface area contributed by atoms with Gasteiger partial charge in [-0.3, -0.25) is 4.79 Å². The first-order valence-corrected chi connectivity index (χ1v) is 9.61. The molecule has 0 saturated heterocycles. The molecule has 0 saturated carbocycles. The van der Waals surface area contributed by atoms with E-state index in [1.54, 1.807) is 12.1 Å². The molecule has 0 amide bonds. The maximum Gasteiger partial charge on any atom is 0.304 e. The molecule has 0 bridgehead atoms. The number of benzene rings is 1. The van der Waals surface area contributed by atoms with E-state index in [4.69, 9.17) is 16.3 Å². The van der Waals surface area contributed by atoms with Crippen LogP contribution in [0.15, 0.2) is 24.3 Å². The van der Waals surface area contributed by atoms with Crippen molar-refractivity contribution < 1.29 is 9.53 Å². The number of hydrogen-bond donors (Lipinski definition) is 0. The fraction of sp³-hybridized carbons (Fsp3) is 0.357. The van der Waals surface area contributed by atoms with Gasteiger partial charge in [0.2, 0.25) is 0 Å². The van der Waals surface area contributed by atoms with Gasteiger partial charge in [0.1, 0.15) is 8.07 Å². The predicted octanol–water partition coefficient (Wildman–Crippen LogP) is 3.83. The molecule has 1 rings (SSSR count). The van der Waals surface area contributed by atoms with Gasteiger partial charge in [0.05, 0.1) is 0 Å². The summed E-state index contributed by atoms with van der Waals surface area (Å²) >= 11 is 5.83. The van der Waals surface area contributed by atoms with Gasteiger partial charge in [0, 0.05) is 17.5 Å². The number of rotatable bonds is 2. The van der Waals surface area contributed by atoms with Gasteiger partial charge in [-0.25, -0.2) is 0 Å². The minimum Gasteiger partial charge on any atom is -0.444 e. The van der Waals surface area contributed by atoms with Gasteiger partial charge in [-0.2, -0.15) is 0 Å². The summed E-state index contributed by atoms with van der Waals surface area (Å²) in [5.41, 5.74) is 4.07. The van der Waals surface area contributed by atoms with Crippen molar-refractivity contribution in [1.29, 1.82) is 0 Å². The van der Waals surface area contributed by atoms with Crippen molar-refractivity contribution in [1.82, 2.24) is 0 Å². The first kappa shape index (κ1) is 14.8. The third kappa shape index (κ3) is 5.39. The van der Waals surface area contributed by atoms with Crippen molar-refractivity contribution in [2.24, 2.45) is 0 Å². The van der Waals surface area contributed by atoms with Gasteiger partial charge in [-0.1, -0.05) is 49.3 Å². The van der Waals surface area contributed by atoms with Crippen LogP contribution in [0, 0.1) is 11.5 Å². The van der Waals surface area contributed by atoms with Crippen LogP contribution in [-0.4, -0.2) is 14.0 Å². The fourth-order valence-electron chi connectivity index (χ4n) is 1.27. The van der Waals surface area contributed by atoms with Crippen molar-refractivity contribution in [3.05, 3.63) is 34.9 Å². The lowest BCUT2D eigenvalue weighted by Gasteiger charge is -2.13. The molecule has 2 nitrogen and oxygen atoms in total. The van der Waals surface area contributed by atoms with E-state index in [0.717, 1.165) is 5.56 Å². The van der Waals surface area contributed by atoms with E-state index in [0.29, 0.717) is 5.02 Å². The molecule has 1 unspecified atom stereocenters. The predicted molar refractivity (Wildman–Crippen MR) is 77.1 cm³/mol. The van der Waals surface area contributed by atoms with Gasteiger partial charge < -0.3 is 4.74 Å². The van der Waals surface area contributed by atoms with E-state index in [2.05, 4.69) is 31.1 Å². The second-order valence-corrected chi connectivity index (χ2v) is 10.2. The molecule has 0 aliphatic carbocycles. The van der Waals surface area contributed by atoms with Crippen LogP contribution in [-0.2, 0) is 9.53 Å². The van der Waals surface area contributed by atoms with Crippen LogP contribution >= 0.6 is 11.6 Å². The summed E-state index contributed by atoms with van der Waals surface area (Å²) in [4.78, 5) is 11.1. The average Bonchev–Trinajstić information content (AvgIpc) is 2.24. The van der Waals surface area contributed by atoms with E-state index < -0.39 is 14.2 Å². The summed E-state index contributed by atoms with van der Waals surface area (Å²) < 4.78 is 5.24. The molecule has 0 aromatic heterocycles. The third-order valence-electron chi connectivity index (χ3n) is 2.03. The zero-order valence-electron chi connectivity index (χ0n) is 11.1. The molecule has 0 radical (unpaired) electrons. The molecule has 0 N–H and O–H groups in total. The minimum absolute atomic E-state index is 0.333. The number of esters is 1. The smallest absolute Gasteiger partial charge is 0.304 e. The van der Waals surface area contributed by atoms with Crippen LogP contribution < -0.4 is 0 Å². The highest BCUT2D eigenvalue weighted by atomic mass is 35.5. The molecule has 0 heterocycles. The maximum absolute atomic E-state index is 11.1. The standard InChI is InChI=1S/C14H17ClO2Si/c1-11(16)17-14(9-10-18(2,3)4)12-5-7-13(15)8-6-12/h5-8,14H,1-4H3. The summed E-state index contributed by atoms with van der Waals surface area (Å²) in [5, 5.41) is 0.651. The second kappa shape index (κ2) is 6.08. The Balaban J connectivity index is 3.01. The lowest BCUT2D eigenvalue weighted by Crippen LogP contribution is -2.17. The highest BCUT2D eigenvalue weighted by Crippen LogP contribution is 2.19. The van der Waals surface area contributed by atoms with Crippen molar-refractivity contribution in [2.45, 2.75) is 32.7 Å². The lowest BCUT2D eigenvalue weighted by molar-refractivity contribution is -0.144. The molecule has 96 valence electrons. The van der Waals surface area contributed by atoms with Crippen LogP contribution in [0.2, 0.25) is 24.7 Å². The zero-order chi connectivity index (χ0) is 13.8. The van der Waals surface area contributed by atoms with E-state index in [1.807, 2.05) is 12.1 Å². The molecule has 0 fully saturated rings. The molecular formula is C14H17ClO2Si. The third-order valence-corrected chi connectivity index (χ3v) is 3.18. The Morgan fingerprint density at radius 3 is 2.28 bits per heavy atom. The van der Waals surface area contributed by atoms with Crippen LogP contribution in [0.25, 0.3) is 0 Å². The number of carbonyl (C=O) groups excluding carboxylic acids is 1. The van der Waals surface area contributed by atoms with Crippen LogP contribution in [0.4, 0.5) is 0 Å². The second-order valence-electron chi connectivity index (χ2n) is 5.06. The zero-order valence-corrected chi connectivity index (χ0v) is 12.8. The van der Waals surface area contributed by atoms with Crippen LogP contribution in [0.3, 0.4) is 0 Å². The summed E-state index contributed by atoms with van der Waals surface area (Å²) in [6.07, 6.45) is -0.508. The first-order chi connectivity index (χ1) is 8.28. The Bertz CT molecular complexity index is 477. The van der Waals surface area contributed by atoms with Gasteiger partial charge in [0.25, 0.3) is 0 Å². The van der Waals surface area contributed by atoms with E-state index in [9.17, 15) is 4.79 Å². The van der Waals surface area contributed by atoms with Crippen LogP contribution in [0.1, 0.15) is 18.6 Å².